The van der Waals surface area contributed by atoms with Gasteiger partial charge in [-0.2, -0.15) is 0 Å². The Hall–Kier alpha value is -2.86. The lowest BCUT2D eigenvalue weighted by atomic mass is 10.2. The number of allylic oxidation sites excluding steroid dienone is 1. The van der Waals surface area contributed by atoms with E-state index >= 15 is 0 Å². The van der Waals surface area contributed by atoms with Crippen LogP contribution in [0.2, 0.25) is 0 Å². The molecule has 5 nitrogen and oxygen atoms in total. The summed E-state index contributed by atoms with van der Waals surface area (Å²) in [5.74, 6) is 1.40. The number of hydrogen-bond acceptors (Lipinski definition) is 4. The molecule has 138 valence electrons. The molecule has 3 aromatic rings. The van der Waals surface area contributed by atoms with Crippen molar-refractivity contribution >= 4 is 17.7 Å². The van der Waals surface area contributed by atoms with Gasteiger partial charge in [-0.25, -0.2) is 0 Å². The van der Waals surface area contributed by atoms with Crippen molar-refractivity contribution in [3.63, 3.8) is 0 Å². The number of nitrogens with one attached hydrogen (secondary N) is 1. The Labute approximate surface area is 163 Å². The van der Waals surface area contributed by atoms with Gasteiger partial charge in [0.2, 0.25) is 0 Å². The van der Waals surface area contributed by atoms with Crippen LogP contribution in [-0.4, -0.2) is 20.7 Å². The van der Waals surface area contributed by atoms with Gasteiger partial charge in [0, 0.05) is 17.9 Å². The number of aromatic nitrogens is 3. The highest BCUT2D eigenvalue weighted by Crippen LogP contribution is 2.22. The van der Waals surface area contributed by atoms with E-state index < -0.39 is 0 Å². The van der Waals surface area contributed by atoms with Crippen LogP contribution >= 0.6 is 11.8 Å². The van der Waals surface area contributed by atoms with Gasteiger partial charge in [0.15, 0.2) is 11.0 Å². The number of nitrogens with zero attached hydrogens (tertiary/aromatic N) is 3. The fourth-order valence-electron chi connectivity index (χ4n) is 2.55. The molecule has 1 aromatic heterocycles. The van der Waals surface area contributed by atoms with Crippen molar-refractivity contribution < 1.29 is 4.79 Å². The van der Waals surface area contributed by atoms with Gasteiger partial charge in [-0.3, -0.25) is 4.79 Å². The van der Waals surface area contributed by atoms with Crippen molar-refractivity contribution in [1.82, 2.24) is 20.1 Å². The van der Waals surface area contributed by atoms with Crippen molar-refractivity contribution in [3.05, 3.63) is 89.8 Å². The Bertz CT molecular complexity index is 904. The summed E-state index contributed by atoms with van der Waals surface area (Å²) >= 11 is 1.63. The molecule has 0 aliphatic carbocycles. The second-order valence-electron chi connectivity index (χ2n) is 6.12. The van der Waals surface area contributed by atoms with E-state index in [-0.39, 0.29) is 5.91 Å². The summed E-state index contributed by atoms with van der Waals surface area (Å²) in [5.41, 5.74) is 3.11. The molecule has 0 unspecified atom stereocenters. The average Bonchev–Trinajstić information content (AvgIpc) is 3.08. The van der Waals surface area contributed by atoms with Crippen LogP contribution in [0.15, 0.2) is 72.4 Å². The summed E-state index contributed by atoms with van der Waals surface area (Å²) in [6.07, 6.45) is 1.81. The molecule has 6 heteroatoms. The van der Waals surface area contributed by atoms with Crippen LogP contribution in [0.4, 0.5) is 0 Å². The lowest BCUT2D eigenvalue weighted by Gasteiger charge is -2.09. The fourth-order valence-corrected chi connectivity index (χ4v) is 3.47. The number of hydrogen-bond donors (Lipinski definition) is 1. The molecule has 0 fully saturated rings. The topological polar surface area (TPSA) is 59.8 Å². The Morgan fingerprint density at radius 1 is 1.15 bits per heavy atom. The minimum Gasteiger partial charge on any atom is -0.345 e. The summed E-state index contributed by atoms with van der Waals surface area (Å²) in [6, 6.07) is 17.6. The number of thioether (sulfide) groups is 1. The van der Waals surface area contributed by atoms with Crippen molar-refractivity contribution in [3.8, 4) is 0 Å². The second-order valence-corrected chi connectivity index (χ2v) is 7.06. The summed E-state index contributed by atoms with van der Waals surface area (Å²) in [6.45, 7) is 6.81. The molecule has 0 bridgehead atoms. The van der Waals surface area contributed by atoms with Gasteiger partial charge in [0.05, 0.1) is 6.54 Å². The minimum atomic E-state index is -0.127. The van der Waals surface area contributed by atoms with Crippen LogP contribution in [0.5, 0.6) is 0 Å². The Morgan fingerprint density at radius 3 is 2.59 bits per heavy atom. The van der Waals surface area contributed by atoms with Gasteiger partial charge in [-0.1, -0.05) is 65.9 Å². The molecule has 0 aliphatic rings. The van der Waals surface area contributed by atoms with E-state index in [0.29, 0.717) is 24.5 Å². The van der Waals surface area contributed by atoms with Crippen LogP contribution in [-0.2, 0) is 18.8 Å². The molecular formula is C21H22N4OS. The highest BCUT2D eigenvalue weighted by atomic mass is 32.2. The first kappa shape index (κ1) is 18.9. The molecule has 0 saturated carbocycles. The summed E-state index contributed by atoms with van der Waals surface area (Å²) < 4.78 is 1.98. The number of carbonyl (C=O) groups is 1. The van der Waals surface area contributed by atoms with Gasteiger partial charge >= 0.3 is 0 Å². The molecule has 0 spiro atoms. The predicted molar refractivity (Wildman–Crippen MR) is 109 cm³/mol. The molecule has 1 amide bonds. The average molecular weight is 379 g/mol. The molecule has 0 aliphatic heterocycles. The molecule has 0 radical (unpaired) electrons. The van der Waals surface area contributed by atoms with Crippen LogP contribution in [0.25, 0.3) is 0 Å². The Kier molecular flexibility index (Phi) is 6.44. The maximum atomic E-state index is 12.2. The van der Waals surface area contributed by atoms with Crippen molar-refractivity contribution in [1.29, 1.82) is 0 Å². The van der Waals surface area contributed by atoms with E-state index in [9.17, 15) is 4.79 Å². The van der Waals surface area contributed by atoms with Gasteiger partial charge in [-0.15, -0.1) is 16.8 Å². The largest absolute Gasteiger partial charge is 0.345 e. The van der Waals surface area contributed by atoms with Crippen molar-refractivity contribution in [2.24, 2.45) is 0 Å². The third kappa shape index (κ3) is 5.08. The molecule has 27 heavy (non-hydrogen) atoms. The molecule has 1 heterocycles. The lowest BCUT2D eigenvalue weighted by Crippen LogP contribution is -2.24. The maximum absolute atomic E-state index is 12.2. The van der Waals surface area contributed by atoms with Crippen molar-refractivity contribution in [2.45, 2.75) is 30.9 Å². The molecule has 3 rings (SSSR count). The number of carbonyl (C=O) groups excluding carboxylic acids is 1. The second kappa shape index (κ2) is 9.19. The Morgan fingerprint density at radius 2 is 1.89 bits per heavy atom. The molecule has 2 aromatic carbocycles. The first-order chi connectivity index (χ1) is 13.2. The third-order valence-corrected chi connectivity index (χ3v) is 5.07. The molecule has 0 atom stereocenters. The van der Waals surface area contributed by atoms with E-state index in [1.54, 1.807) is 23.9 Å². The third-order valence-electron chi connectivity index (χ3n) is 4.04. The van der Waals surface area contributed by atoms with E-state index in [4.69, 9.17) is 0 Å². The smallest absolute Gasteiger partial charge is 0.251 e. The zero-order valence-electron chi connectivity index (χ0n) is 15.3. The summed E-state index contributed by atoms with van der Waals surface area (Å²) in [7, 11) is 0. The normalized spacial score (nSPS) is 10.6. The SMILES string of the molecule is C=CCn1c(CNC(=O)c2ccccc2)nnc1SCc1ccc(C)cc1. The zero-order valence-corrected chi connectivity index (χ0v) is 16.1. The van der Waals surface area contributed by atoms with E-state index in [1.165, 1.54) is 11.1 Å². The lowest BCUT2D eigenvalue weighted by molar-refractivity contribution is 0.0949. The fraction of sp³-hybridized carbons (Fsp3) is 0.190. The van der Waals surface area contributed by atoms with Gasteiger partial charge < -0.3 is 9.88 Å². The van der Waals surface area contributed by atoms with E-state index in [1.807, 2.05) is 28.8 Å². The quantitative estimate of drug-likeness (QED) is 0.475. The van der Waals surface area contributed by atoms with E-state index in [0.717, 1.165) is 10.9 Å². The predicted octanol–water partition coefficient (Wildman–Crippen LogP) is 3.99. The number of aryl methyl sites for hydroxylation is 1. The highest BCUT2D eigenvalue weighted by Gasteiger charge is 2.13. The first-order valence-electron chi connectivity index (χ1n) is 8.72. The Balaban J connectivity index is 1.66. The highest BCUT2D eigenvalue weighted by molar-refractivity contribution is 7.98. The van der Waals surface area contributed by atoms with Crippen LogP contribution < -0.4 is 5.32 Å². The first-order valence-corrected chi connectivity index (χ1v) is 9.70. The molecule has 1 N–H and O–H groups in total. The maximum Gasteiger partial charge on any atom is 0.251 e. The summed E-state index contributed by atoms with van der Waals surface area (Å²) in [5, 5.41) is 12.3. The van der Waals surface area contributed by atoms with Gasteiger partial charge in [-0.05, 0) is 24.6 Å². The number of amides is 1. The van der Waals surface area contributed by atoms with Crippen LogP contribution in [0.3, 0.4) is 0 Å². The summed E-state index contributed by atoms with van der Waals surface area (Å²) in [4.78, 5) is 12.2. The van der Waals surface area contributed by atoms with Crippen LogP contribution in [0.1, 0.15) is 27.3 Å². The molecular weight excluding hydrogens is 356 g/mol. The zero-order chi connectivity index (χ0) is 19.1. The number of benzene rings is 2. The van der Waals surface area contributed by atoms with Crippen LogP contribution in [0, 0.1) is 6.92 Å². The number of rotatable bonds is 8. The van der Waals surface area contributed by atoms with Gasteiger partial charge in [0.25, 0.3) is 5.91 Å². The minimum absolute atomic E-state index is 0.127. The monoisotopic (exact) mass is 378 g/mol. The van der Waals surface area contributed by atoms with Gasteiger partial charge in [0.1, 0.15) is 0 Å². The standard InChI is InChI=1S/C21H22N4OS/c1-3-13-25-19(14-22-20(26)18-7-5-4-6-8-18)23-24-21(25)27-15-17-11-9-16(2)10-12-17/h3-12H,1,13-15H2,2H3,(H,22,26). The molecule has 0 saturated heterocycles. The van der Waals surface area contributed by atoms with Crippen molar-refractivity contribution in [2.75, 3.05) is 0 Å². The van der Waals surface area contributed by atoms with E-state index in [2.05, 4.69) is 53.3 Å².